The van der Waals surface area contributed by atoms with Crippen molar-refractivity contribution in [3.8, 4) is 12.3 Å². The molecular formula is C12H20O. The summed E-state index contributed by atoms with van der Waals surface area (Å²) in [5, 5.41) is 8.47. The second-order valence-corrected chi connectivity index (χ2v) is 3.45. The largest absolute Gasteiger partial charge is 0.392 e. The Morgan fingerprint density at radius 2 is 2.15 bits per heavy atom. The van der Waals surface area contributed by atoms with Gasteiger partial charge in [0.15, 0.2) is 0 Å². The average Bonchev–Trinajstić information content (AvgIpc) is 2.11. The third-order valence-electron chi connectivity index (χ3n) is 2.06. The summed E-state index contributed by atoms with van der Waals surface area (Å²) < 4.78 is 0. The molecule has 0 aromatic heterocycles. The minimum absolute atomic E-state index is 0.160. The molecule has 0 spiro atoms. The Morgan fingerprint density at radius 3 is 2.77 bits per heavy atom. The zero-order valence-electron chi connectivity index (χ0n) is 8.50. The highest BCUT2D eigenvalue weighted by Crippen LogP contribution is 2.12. The molecule has 1 atom stereocenters. The van der Waals surface area contributed by atoms with Crippen LogP contribution in [0.4, 0.5) is 0 Å². The van der Waals surface area contributed by atoms with Crippen LogP contribution >= 0.6 is 0 Å². The van der Waals surface area contributed by atoms with Gasteiger partial charge in [-0.15, -0.1) is 12.3 Å². The highest BCUT2D eigenvalue weighted by molar-refractivity contribution is 4.85. The fourth-order valence-electron chi connectivity index (χ4n) is 1.25. The van der Waals surface area contributed by atoms with Crippen molar-refractivity contribution in [2.45, 2.75) is 39.0 Å². The van der Waals surface area contributed by atoms with Crippen molar-refractivity contribution >= 4 is 0 Å². The number of aliphatic hydroxyl groups is 1. The zero-order valence-corrected chi connectivity index (χ0v) is 8.50. The second kappa shape index (κ2) is 9.35. The van der Waals surface area contributed by atoms with Gasteiger partial charge in [-0.1, -0.05) is 25.5 Å². The highest BCUT2D eigenvalue weighted by atomic mass is 16.2. The maximum Gasteiger partial charge on any atom is 0.0612 e. The Morgan fingerprint density at radius 1 is 1.38 bits per heavy atom. The van der Waals surface area contributed by atoms with Crippen LogP contribution in [-0.4, -0.2) is 11.7 Å². The van der Waals surface area contributed by atoms with Crippen LogP contribution in [0.25, 0.3) is 0 Å². The fourth-order valence-corrected chi connectivity index (χ4v) is 1.25. The van der Waals surface area contributed by atoms with Crippen LogP contribution in [0, 0.1) is 18.3 Å². The van der Waals surface area contributed by atoms with E-state index in [1.165, 1.54) is 19.3 Å². The summed E-state index contributed by atoms with van der Waals surface area (Å²) in [7, 11) is 0. The SMILES string of the molecule is C#CC[C@H](C)CCCC/C=C\CO. The standard InChI is InChI=1S/C12H20O/c1-3-9-12(2)10-7-5-4-6-8-11-13/h1,6,8,12-13H,4-5,7,9-11H2,2H3/b8-6-/t12-/m0/s1. The molecule has 1 heteroatoms. The van der Waals surface area contributed by atoms with Gasteiger partial charge in [0, 0.05) is 6.42 Å². The fraction of sp³-hybridized carbons (Fsp3) is 0.667. The first-order chi connectivity index (χ1) is 6.31. The normalized spacial score (nSPS) is 13.0. The molecule has 0 rings (SSSR count). The number of hydrogen-bond acceptors (Lipinski definition) is 1. The molecule has 0 aliphatic carbocycles. The molecule has 0 heterocycles. The topological polar surface area (TPSA) is 20.2 Å². The molecule has 0 bridgehead atoms. The van der Waals surface area contributed by atoms with E-state index in [-0.39, 0.29) is 6.61 Å². The van der Waals surface area contributed by atoms with Gasteiger partial charge in [-0.25, -0.2) is 0 Å². The molecular weight excluding hydrogens is 160 g/mol. The first-order valence-electron chi connectivity index (χ1n) is 5.00. The van der Waals surface area contributed by atoms with Crippen molar-refractivity contribution < 1.29 is 5.11 Å². The summed E-state index contributed by atoms with van der Waals surface area (Å²) in [5.41, 5.74) is 0. The van der Waals surface area contributed by atoms with E-state index in [9.17, 15) is 0 Å². The van der Waals surface area contributed by atoms with Gasteiger partial charge in [0.1, 0.15) is 0 Å². The average molecular weight is 180 g/mol. The van der Waals surface area contributed by atoms with Crippen LogP contribution in [0.3, 0.4) is 0 Å². The van der Waals surface area contributed by atoms with E-state index in [2.05, 4.69) is 12.8 Å². The Hall–Kier alpha value is -0.740. The van der Waals surface area contributed by atoms with Gasteiger partial charge in [-0.05, 0) is 25.2 Å². The van der Waals surface area contributed by atoms with E-state index in [1.807, 2.05) is 6.08 Å². The van der Waals surface area contributed by atoms with Crippen LogP contribution in [0.1, 0.15) is 39.0 Å². The highest BCUT2D eigenvalue weighted by Gasteiger charge is 1.98. The van der Waals surface area contributed by atoms with Crippen molar-refractivity contribution in [3.05, 3.63) is 12.2 Å². The maximum atomic E-state index is 8.47. The molecule has 74 valence electrons. The zero-order chi connectivity index (χ0) is 9.94. The van der Waals surface area contributed by atoms with Gasteiger partial charge in [0.05, 0.1) is 6.61 Å². The molecule has 0 amide bonds. The van der Waals surface area contributed by atoms with E-state index < -0.39 is 0 Å². The predicted molar refractivity (Wildman–Crippen MR) is 57.3 cm³/mol. The first-order valence-corrected chi connectivity index (χ1v) is 5.00. The molecule has 0 aliphatic rings. The van der Waals surface area contributed by atoms with Gasteiger partial charge in [0.2, 0.25) is 0 Å². The molecule has 0 saturated carbocycles. The van der Waals surface area contributed by atoms with Crippen LogP contribution in [0.2, 0.25) is 0 Å². The number of terminal acetylenes is 1. The minimum atomic E-state index is 0.160. The lowest BCUT2D eigenvalue weighted by Crippen LogP contribution is -1.92. The van der Waals surface area contributed by atoms with Crippen molar-refractivity contribution in [2.75, 3.05) is 6.61 Å². The van der Waals surface area contributed by atoms with Crippen molar-refractivity contribution in [1.82, 2.24) is 0 Å². The second-order valence-electron chi connectivity index (χ2n) is 3.45. The molecule has 0 aromatic rings. The summed E-state index contributed by atoms with van der Waals surface area (Å²) in [6, 6.07) is 0. The lowest BCUT2D eigenvalue weighted by atomic mass is 10.0. The maximum absolute atomic E-state index is 8.47. The summed E-state index contributed by atoms with van der Waals surface area (Å²) in [5.74, 6) is 3.34. The van der Waals surface area contributed by atoms with Crippen LogP contribution in [0.15, 0.2) is 12.2 Å². The number of hydrogen-bond donors (Lipinski definition) is 1. The Balaban J connectivity index is 3.16. The summed E-state index contributed by atoms with van der Waals surface area (Å²) in [6.45, 7) is 2.36. The molecule has 0 aromatic carbocycles. The summed E-state index contributed by atoms with van der Waals surface area (Å²) in [4.78, 5) is 0. The van der Waals surface area contributed by atoms with Gasteiger partial charge in [-0.2, -0.15) is 0 Å². The molecule has 13 heavy (non-hydrogen) atoms. The minimum Gasteiger partial charge on any atom is -0.392 e. The summed E-state index contributed by atoms with van der Waals surface area (Å²) >= 11 is 0. The van der Waals surface area contributed by atoms with E-state index in [4.69, 9.17) is 11.5 Å². The number of aliphatic hydroxyl groups excluding tert-OH is 1. The molecule has 1 N–H and O–H groups in total. The summed E-state index contributed by atoms with van der Waals surface area (Å²) in [6.07, 6.45) is 14.7. The first kappa shape index (κ1) is 12.3. The molecule has 0 unspecified atom stereocenters. The van der Waals surface area contributed by atoms with E-state index in [0.717, 1.165) is 12.8 Å². The molecule has 0 radical (unpaired) electrons. The Kier molecular flexibility index (Phi) is 8.82. The van der Waals surface area contributed by atoms with E-state index >= 15 is 0 Å². The Bertz CT molecular complexity index is 164. The molecule has 0 aliphatic heterocycles. The van der Waals surface area contributed by atoms with Gasteiger partial charge >= 0.3 is 0 Å². The smallest absolute Gasteiger partial charge is 0.0612 e. The van der Waals surface area contributed by atoms with Crippen LogP contribution in [0.5, 0.6) is 0 Å². The van der Waals surface area contributed by atoms with Gasteiger partial charge < -0.3 is 5.11 Å². The van der Waals surface area contributed by atoms with Crippen LogP contribution in [-0.2, 0) is 0 Å². The lowest BCUT2D eigenvalue weighted by Gasteiger charge is -2.05. The van der Waals surface area contributed by atoms with Crippen molar-refractivity contribution in [3.63, 3.8) is 0 Å². The van der Waals surface area contributed by atoms with Crippen LogP contribution < -0.4 is 0 Å². The quantitative estimate of drug-likeness (QED) is 0.363. The monoisotopic (exact) mass is 180 g/mol. The molecule has 1 nitrogen and oxygen atoms in total. The number of allylic oxidation sites excluding steroid dienone is 1. The third-order valence-corrected chi connectivity index (χ3v) is 2.06. The molecule has 0 saturated heterocycles. The predicted octanol–water partition coefficient (Wildman–Crippen LogP) is 2.75. The molecule has 0 fully saturated rings. The van der Waals surface area contributed by atoms with E-state index in [0.29, 0.717) is 5.92 Å². The Labute approximate surface area is 81.9 Å². The lowest BCUT2D eigenvalue weighted by molar-refractivity contribution is 0.342. The number of unbranched alkanes of at least 4 members (excludes halogenated alkanes) is 2. The van der Waals surface area contributed by atoms with Gasteiger partial charge in [0.25, 0.3) is 0 Å². The number of rotatable bonds is 7. The van der Waals surface area contributed by atoms with Crippen molar-refractivity contribution in [2.24, 2.45) is 5.92 Å². The van der Waals surface area contributed by atoms with Gasteiger partial charge in [-0.3, -0.25) is 0 Å². The third kappa shape index (κ3) is 9.17. The van der Waals surface area contributed by atoms with Crippen molar-refractivity contribution in [1.29, 1.82) is 0 Å². The van der Waals surface area contributed by atoms with E-state index in [1.54, 1.807) is 6.08 Å².